The second-order valence-corrected chi connectivity index (χ2v) is 6.23. The maximum atomic E-state index is 12.6. The van der Waals surface area contributed by atoms with Gasteiger partial charge in [-0.3, -0.25) is 9.78 Å². The zero-order chi connectivity index (χ0) is 16.8. The van der Waals surface area contributed by atoms with E-state index in [1.807, 2.05) is 30.3 Å². The van der Waals surface area contributed by atoms with E-state index in [2.05, 4.69) is 25.9 Å². The molecule has 24 heavy (non-hydrogen) atoms. The SMILES string of the molecule is CN(CCC(=O)N1CCC[C@@H]1c1ccncn1)Cc1cccnc1. The molecule has 2 aromatic heterocycles. The molecule has 1 aliphatic heterocycles. The number of carbonyl (C=O) groups is 1. The van der Waals surface area contributed by atoms with Gasteiger partial charge in [0.15, 0.2) is 0 Å². The second kappa shape index (κ2) is 7.97. The predicted octanol–water partition coefficient (Wildman–Crippen LogP) is 2.06. The normalized spacial score (nSPS) is 17.4. The molecule has 1 atom stereocenters. The second-order valence-electron chi connectivity index (χ2n) is 6.23. The number of rotatable bonds is 6. The number of pyridine rings is 1. The van der Waals surface area contributed by atoms with Crippen LogP contribution in [-0.4, -0.2) is 50.8 Å². The van der Waals surface area contributed by atoms with Crippen LogP contribution in [0.1, 0.15) is 36.6 Å². The van der Waals surface area contributed by atoms with E-state index >= 15 is 0 Å². The van der Waals surface area contributed by atoms with Crippen molar-refractivity contribution >= 4 is 5.91 Å². The summed E-state index contributed by atoms with van der Waals surface area (Å²) < 4.78 is 0. The Bertz CT molecular complexity index is 649. The number of carbonyl (C=O) groups excluding carboxylic acids is 1. The van der Waals surface area contributed by atoms with Gasteiger partial charge in [0.05, 0.1) is 11.7 Å². The third-order valence-electron chi connectivity index (χ3n) is 4.40. The van der Waals surface area contributed by atoms with Crippen LogP contribution in [0, 0.1) is 0 Å². The first-order valence-corrected chi connectivity index (χ1v) is 8.37. The molecule has 1 fully saturated rings. The first-order chi connectivity index (χ1) is 11.7. The molecule has 0 spiro atoms. The highest BCUT2D eigenvalue weighted by atomic mass is 16.2. The van der Waals surface area contributed by atoms with Crippen LogP contribution in [0.3, 0.4) is 0 Å². The number of amides is 1. The van der Waals surface area contributed by atoms with Crippen LogP contribution in [0.4, 0.5) is 0 Å². The van der Waals surface area contributed by atoms with Crippen molar-refractivity contribution in [3.8, 4) is 0 Å². The topological polar surface area (TPSA) is 62.2 Å². The number of hydrogen-bond donors (Lipinski definition) is 0. The molecule has 126 valence electrons. The van der Waals surface area contributed by atoms with Crippen molar-refractivity contribution in [2.24, 2.45) is 0 Å². The van der Waals surface area contributed by atoms with Gasteiger partial charge < -0.3 is 9.80 Å². The first kappa shape index (κ1) is 16.5. The largest absolute Gasteiger partial charge is 0.334 e. The summed E-state index contributed by atoms with van der Waals surface area (Å²) in [6, 6.07) is 6.00. The van der Waals surface area contributed by atoms with E-state index in [1.165, 1.54) is 0 Å². The molecule has 2 aromatic rings. The molecular weight excluding hydrogens is 302 g/mol. The highest BCUT2D eigenvalue weighted by molar-refractivity contribution is 5.77. The fraction of sp³-hybridized carbons (Fsp3) is 0.444. The summed E-state index contributed by atoms with van der Waals surface area (Å²) in [5.41, 5.74) is 2.10. The Morgan fingerprint density at radius 3 is 3.00 bits per heavy atom. The van der Waals surface area contributed by atoms with E-state index in [-0.39, 0.29) is 11.9 Å². The van der Waals surface area contributed by atoms with Crippen LogP contribution in [-0.2, 0) is 11.3 Å². The molecule has 3 rings (SSSR count). The Morgan fingerprint density at radius 2 is 2.25 bits per heavy atom. The quantitative estimate of drug-likeness (QED) is 0.813. The van der Waals surface area contributed by atoms with Gasteiger partial charge in [-0.15, -0.1) is 0 Å². The molecule has 1 amide bonds. The molecule has 0 N–H and O–H groups in total. The predicted molar refractivity (Wildman–Crippen MR) is 90.9 cm³/mol. The standard InChI is InChI=1S/C18H23N5O/c1-22(13-15-4-2-8-19-12-15)11-7-18(24)23-10-3-5-17(23)16-6-9-20-14-21-16/h2,4,6,8-9,12,14,17H,3,5,7,10-11,13H2,1H3/t17-/m1/s1. The van der Waals surface area contributed by atoms with Crippen LogP contribution in [0.25, 0.3) is 0 Å². The average Bonchev–Trinajstić information content (AvgIpc) is 3.11. The number of likely N-dealkylation sites (tertiary alicyclic amines) is 1. The summed E-state index contributed by atoms with van der Waals surface area (Å²) >= 11 is 0. The van der Waals surface area contributed by atoms with E-state index in [0.29, 0.717) is 6.42 Å². The summed E-state index contributed by atoms with van der Waals surface area (Å²) in [6.07, 6.45) is 9.47. The smallest absolute Gasteiger partial charge is 0.224 e. The number of hydrogen-bond acceptors (Lipinski definition) is 5. The van der Waals surface area contributed by atoms with Gasteiger partial charge in [0.25, 0.3) is 0 Å². The molecule has 0 aromatic carbocycles. The monoisotopic (exact) mass is 325 g/mol. The molecule has 6 nitrogen and oxygen atoms in total. The lowest BCUT2D eigenvalue weighted by Gasteiger charge is -2.25. The molecule has 0 aliphatic carbocycles. The minimum atomic E-state index is 0.101. The van der Waals surface area contributed by atoms with Gasteiger partial charge in [0, 0.05) is 44.6 Å². The minimum Gasteiger partial charge on any atom is -0.334 e. The van der Waals surface area contributed by atoms with E-state index < -0.39 is 0 Å². The first-order valence-electron chi connectivity index (χ1n) is 8.37. The highest BCUT2D eigenvalue weighted by Crippen LogP contribution is 2.30. The van der Waals surface area contributed by atoms with Crippen molar-refractivity contribution in [3.63, 3.8) is 0 Å². The maximum Gasteiger partial charge on any atom is 0.224 e. The fourth-order valence-electron chi connectivity index (χ4n) is 3.18. The van der Waals surface area contributed by atoms with Gasteiger partial charge in [-0.2, -0.15) is 0 Å². The third kappa shape index (κ3) is 4.14. The van der Waals surface area contributed by atoms with Crippen LogP contribution in [0.15, 0.2) is 43.1 Å². The van der Waals surface area contributed by atoms with Crippen molar-refractivity contribution in [1.82, 2.24) is 24.8 Å². The van der Waals surface area contributed by atoms with Crippen molar-refractivity contribution in [2.45, 2.75) is 31.8 Å². The van der Waals surface area contributed by atoms with E-state index in [0.717, 1.165) is 43.7 Å². The summed E-state index contributed by atoms with van der Waals surface area (Å²) in [4.78, 5) is 29.2. The zero-order valence-corrected chi connectivity index (χ0v) is 14.0. The zero-order valence-electron chi connectivity index (χ0n) is 14.0. The summed E-state index contributed by atoms with van der Waals surface area (Å²) in [7, 11) is 2.03. The number of nitrogens with zero attached hydrogens (tertiary/aromatic N) is 5. The van der Waals surface area contributed by atoms with Crippen molar-refractivity contribution in [3.05, 3.63) is 54.4 Å². The van der Waals surface area contributed by atoms with E-state index in [1.54, 1.807) is 18.7 Å². The van der Waals surface area contributed by atoms with Crippen LogP contribution in [0.5, 0.6) is 0 Å². The summed E-state index contributed by atoms with van der Waals surface area (Å²) in [5.74, 6) is 0.203. The van der Waals surface area contributed by atoms with Crippen LogP contribution < -0.4 is 0 Å². The summed E-state index contributed by atoms with van der Waals surface area (Å²) in [5, 5.41) is 0. The Balaban J connectivity index is 1.53. The van der Waals surface area contributed by atoms with Gasteiger partial charge in [0.2, 0.25) is 5.91 Å². The van der Waals surface area contributed by atoms with E-state index in [9.17, 15) is 4.79 Å². The molecule has 0 unspecified atom stereocenters. The molecule has 3 heterocycles. The lowest BCUT2D eigenvalue weighted by molar-refractivity contribution is -0.132. The lowest BCUT2D eigenvalue weighted by Crippen LogP contribution is -2.33. The number of aromatic nitrogens is 3. The Morgan fingerprint density at radius 1 is 1.33 bits per heavy atom. The Labute approximate surface area is 142 Å². The third-order valence-corrected chi connectivity index (χ3v) is 4.40. The minimum absolute atomic E-state index is 0.101. The van der Waals surface area contributed by atoms with Crippen molar-refractivity contribution in [2.75, 3.05) is 20.1 Å². The molecule has 1 aliphatic rings. The molecule has 0 bridgehead atoms. The van der Waals surface area contributed by atoms with E-state index in [4.69, 9.17) is 0 Å². The highest BCUT2D eigenvalue weighted by Gasteiger charge is 2.30. The molecular formula is C18H23N5O. The van der Waals surface area contributed by atoms with Gasteiger partial charge in [0.1, 0.15) is 6.33 Å². The Kier molecular flexibility index (Phi) is 5.48. The van der Waals surface area contributed by atoms with Crippen LogP contribution >= 0.6 is 0 Å². The molecule has 0 radical (unpaired) electrons. The average molecular weight is 325 g/mol. The molecule has 0 saturated carbocycles. The van der Waals surface area contributed by atoms with Gasteiger partial charge in [-0.1, -0.05) is 6.07 Å². The van der Waals surface area contributed by atoms with Gasteiger partial charge >= 0.3 is 0 Å². The summed E-state index contributed by atoms with van der Waals surface area (Å²) in [6.45, 7) is 2.36. The maximum absolute atomic E-state index is 12.6. The van der Waals surface area contributed by atoms with Crippen molar-refractivity contribution < 1.29 is 4.79 Å². The van der Waals surface area contributed by atoms with Gasteiger partial charge in [-0.25, -0.2) is 9.97 Å². The Hall–Kier alpha value is -2.34. The molecule has 1 saturated heterocycles. The van der Waals surface area contributed by atoms with Crippen molar-refractivity contribution in [1.29, 1.82) is 0 Å². The lowest BCUT2D eigenvalue weighted by atomic mass is 10.1. The van der Waals surface area contributed by atoms with Crippen LogP contribution in [0.2, 0.25) is 0 Å². The fourth-order valence-corrected chi connectivity index (χ4v) is 3.18. The molecule has 6 heteroatoms. The van der Waals surface area contributed by atoms with Gasteiger partial charge in [-0.05, 0) is 37.6 Å².